The smallest absolute Gasteiger partial charge is 0.870 e. The summed E-state index contributed by atoms with van der Waals surface area (Å²) < 4.78 is 0. The zero-order chi connectivity index (χ0) is 20.3. The Morgan fingerprint density at radius 3 is 2.25 bits per heavy atom. The Morgan fingerprint density at radius 2 is 1.62 bits per heavy atom. The Morgan fingerprint density at radius 1 is 0.969 bits per heavy atom. The molecule has 4 rings (SSSR count). The number of rotatable bonds is 4. The van der Waals surface area contributed by atoms with E-state index in [1.54, 1.807) is 0 Å². The number of hydrogen-bond acceptors (Lipinski definition) is 6. The van der Waals surface area contributed by atoms with Crippen LogP contribution in [0.25, 0.3) is 0 Å². The molecule has 4 aliphatic rings. The number of carboxylic acid groups (broad SMARTS) is 1. The molecule has 0 amide bonds. The van der Waals surface area contributed by atoms with Gasteiger partial charge in [0.05, 0.1) is 12.2 Å². The molecule has 0 heterocycles. The molecule has 4 fully saturated rings. The molecule has 1 unspecified atom stereocenters. The molecule has 4 aliphatic carbocycles. The second kappa shape index (κ2) is 11.5. The molecule has 0 aromatic heterocycles. The number of aliphatic carboxylic acids is 1. The van der Waals surface area contributed by atoms with Crippen LogP contribution in [-0.4, -0.2) is 67.3 Å². The molecule has 0 spiro atoms. The van der Waals surface area contributed by atoms with E-state index >= 15 is 0 Å². The van der Waals surface area contributed by atoms with Crippen LogP contribution in [0.5, 0.6) is 0 Å². The summed E-state index contributed by atoms with van der Waals surface area (Å²) in [7, 11) is 0. The molecule has 184 valence electrons. The van der Waals surface area contributed by atoms with Gasteiger partial charge < -0.3 is 31.7 Å². The molecule has 10 atom stereocenters. The number of carboxylic acids is 1. The van der Waals surface area contributed by atoms with Crippen LogP contribution < -0.4 is 0 Å². The second-order valence-corrected chi connectivity index (χ2v) is 11.3. The predicted octanol–water partition coefficient (Wildman–Crippen LogP) is 3.57. The molecule has 7 nitrogen and oxygen atoms in total. The zero-order valence-corrected chi connectivity index (χ0v) is 21.0. The van der Waals surface area contributed by atoms with E-state index in [1.165, 1.54) is 19.3 Å². The molecule has 0 radical (unpaired) electrons. The predicted molar refractivity (Wildman–Crippen MR) is 120 cm³/mol. The van der Waals surface area contributed by atoms with Crippen molar-refractivity contribution in [1.29, 1.82) is 0 Å². The summed E-state index contributed by atoms with van der Waals surface area (Å²) >= 11 is 0. The number of aliphatic hydroxyl groups is 2. The van der Waals surface area contributed by atoms with Gasteiger partial charge >= 0.3 is 23.3 Å². The van der Waals surface area contributed by atoms with Crippen LogP contribution in [0.4, 0.5) is 0 Å². The van der Waals surface area contributed by atoms with E-state index < -0.39 is 5.97 Å². The van der Waals surface area contributed by atoms with Crippen molar-refractivity contribution in [3.63, 3.8) is 0 Å². The second-order valence-electron chi connectivity index (χ2n) is 11.3. The molecular weight excluding hydrogens is 427 g/mol. The Kier molecular flexibility index (Phi) is 11.4. The first-order valence-electron chi connectivity index (χ1n) is 11.8. The average molecular weight is 471 g/mol. The third kappa shape index (κ3) is 4.93. The molecule has 0 aliphatic heterocycles. The van der Waals surface area contributed by atoms with Gasteiger partial charge in [0.1, 0.15) is 0 Å². The molecule has 0 saturated heterocycles. The van der Waals surface area contributed by atoms with Gasteiger partial charge in [-0.05, 0) is 104 Å². The van der Waals surface area contributed by atoms with Crippen LogP contribution in [-0.2, 0) is 4.79 Å². The summed E-state index contributed by atoms with van der Waals surface area (Å²) in [6, 6.07) is 0. The summed E-state index contributed by atoms with van der Waals surface area (Å²) in [5.41, 5.74) is 0.216. The standard InChI is InChI=1S/C24H40O4.Al.3H2O/c1-14(4-9-22(27)28)18-7-8-19-17-6-5-15-12-16(25)10-11-23(15,2)20(17)13-21(26)24(18,19)3;;;;/h14-21,25-26H,4-13H2,1-3H3,(H,27,28);;3*1H2/q;+3;;;/p-3/t14-,15-,16-,17-,18-,19?,20-,21+,23+,24-;;;;/m1..../s1. The Labute approximate surface area is 203 Å². The maximum Gasteiger partial charge on any atom is 3.00 e. The van der Waals surface area contributed by atoms with Gasteiger partial charge in [-0.2, -0.15) is 0 Å². The van der Waals surface area contributed by atoms with Crippen molar-refractivity contribution in [1.82, 2.24) is 0 Å². The zero-order valence-electron chi connectivity index (χ0n) is 19.9. The summed E-state index contributed by atoms with van der Waals surface area (Å²) in [6.07, 6.45) is 9.26. The van der Waals surface area contributed by atoms with Crippen molar-refractivity contribution in [2.45, 2.75) is 97.2 Å². The van der Waals surface area contributed by atoms with Crippen molar-refractivity contribution < 1.29 is 36.5 Å². The van der Waals surface area contributed by atoms with E-state index in [9.17, 15) is 15.0 Å². The van der Waals surface area contributed by atoms with E-state index in [1.807, 2.05) is 0 Å². The largest absolute Gasteiger partial charge is 3.00 e. The quantitative estimate of drug-likeness (QED) is 0.528. The fraction of sp³-hybridized carbons (Fsp3) is 0.958. The minimum atomic E-state index is -0.707. The summed E-state index contributed by atoms with van der Waals surface area (Å²) in [6.45, 7) is 6.99. The van der Waals surface area contributed by atoms with Gasteiger partial charge in [0, 0.05) is 6.42 Å². The molecule has 32 heavy (non-hydrogen) atoms. The summed E-state index contributed by atoms with van der Waals surface area (Å²) in [5, 5.41) is 30.8. The Balaban J connectivity index is 0.00000240. The topological polar surface area (TPSA) is 168 Å². The van der Waals surface area contributed by atoms with Crippen LogP contribution in [0.1, 0.15) is 85.0 Å². The van der Waals surface area contributed by atoms with Gasteiger partial charge in [-0.3, -0.25) is 4.79 Å². The number of carbonyl (C=O) groups is 1. The van der Waals surface area contributed by atoms with Crippen molar-refractivity contribution in [2.75, 3.05) is 0 Å². The van der Waals surface area contributed by atoms with E-state index in [2.05, 4.69) is 20.8 Å². The van der Waals surface area contributed by atoms with Crippen molar-refractivity contribution in [3.05, 3.63) is 0 Å². The van der Waals surface area contributed by atoms with Crippen LogP contribution in [0.15, 0.2) is 0 Å². The molecule has 0 aromatic rings. The summed E-state index contributed by atoms with van der Waals surface area (Å²) in [4.78, 5) is 11.1. The van der Waals surface area contributed by atoms with E-state index in [-0.39, 0.29) is 63.2 Å². The van der Waals surface area contributed by atoms with E-state index in [0.717, 1.165) is 38.5 Å². The molecular formula is C24H43AlO7. The van der Waals surface area contributed by atoms with Crippen molar-refractivity contribution in [2.24, 2.45) is 46.3 Å². The number of fused-ring (bicyclic) bond motifs is 5. The minimum Gasteiger partial charge on any atom is -0.870 e. The SMILES string of the molecule is C[C@H](CCC(=O)O)[C@H]1CCC2[C@H]3CC[C@@H]4C[C@H](O)CC[C@]4(C)[C@@H]3C[C@H](O)[C@@]21C.[Al+3].[OH-].[OH-].[OH-]. The number of aliphatic hydroxyl groups excluding tert-OH is 2. The van der Waals surface area contributed by atoms with Gasteiger partial charge in [0.25, 0.3) is 0 Å². The molecule has 0 bridgehead atoms. The fourth-order valence-electron chi connectivity index (χ4n) is 8.71. The first-order valence-corrected chi connectivity index (χ1v) is 11.8. The maximum absolute atomic E-state index is 11.5. The van der Waals surface area contributed by atoms with Gasteiger partial charge in [-0.25, -0.2) is 0 Å². The fourth-order valence-corrected chi connectivity index (χ4v) is 8.71. The van der Waals surface area contributed by atoms with E-state index in [0.29, 0.717) is 35.5 Å². The Hall–Kier alpha value is -0.198. The van der Waals surface area contributed by atoms with Crippen molar-refractivity contribution in [3.8, 4) is 0 Å². The minimum absolute atomic E-state index is 0. The van der Waals surface area contributed by atoms with Gasteiger partial charge in [-0.15, -0.1) is 0 Å². The van der Waals surface area contributed by atoms with Crippen LogP contribution in [0.3, 0.4) is 0 Å². The van der Waals surface area contributed by atoms with Gasteiger partial charge in [-0.1, -0.05) is 20.8 Å². The maximum atomic E-state index is 11.5. The molecule has 4 saturated carbocycles. The first kappa shape index (κ1) is 31.8. The number of hydrogen-bond donors (Lipinski definition) is 3. The Bertz CT molecular complexity index is 619. The molecule has 6 N–H and O–H groups in total. The van der Waals surface area contributed by atoms with Gasteiger partial charge in [0.2, 0.25) is 0 Å². The van der Waals surface area contributed by atoms with E-state index in [4.69, 9.17) is 5.11 Å². The van der Waals surface area contributed by atoms with Gasteiger partial charge in [0.15, 0.2) is 0 Å². The van der Waals surface area contributed by atoms with Crippen LogP contribution in [0, 0.1) is 46.3 Å². The van der Waals surface area contributed by atoms with Crippen LogP contribution >= 0.6 is 0 Å². The third-order valence-corrected chi connectivity index (χ3v) is 10.3. The average Bonchev–Trinajstić information content (AvgIpc) is 3.00. The molecule has 8 heteroatoms. The molecule has 0 aromatic carbocycles. The van der Waals surface area contributed by atoms with Crippen LogP contribution in [0.2, 0.25) is 0 Å². The summed E-state index contributed by atoms with van der Waals surface area (Å²) in [5.74, 6) is 2.55. The normalized spacial score (nSPS) is 45.2. The monoisotopic (exact) mass is 470 g/mol. The van der Waals surface area contributed by atoms with Crippen molar-refractivity contribution >= 4 is 23.3 Å². The first-order chi connectivity index (χ1) is 13.2. The third-order valence-electron chi connectivity index (χ3n) is 10.3.